The number of hydrogen-bond donors (Lipinski definition) is 2. The molecule has 1 heterocycles. The monoisotopic (exact) mass is 421 g/mol. The molecule has 3 N–H and O–H groups in total. The number of aryl methyl sites for hydroxylation is 1. The zero-order valence-electron chi connectivity index (χ0n) is 12.6. The van der Waals surface area contributed by atoms with Gasteiger partial charge in [0.15, 0.2) is 5.96 Å². The molecule has 118 valence electrons. The third-order valence-corrected chi connectivity index (χ3v) is 5.07. The number of halogens is 1. The molecular weight excluding hydrogens is 397 g/mol. The lowest BCUT2D eigenvalue weighted by molar-refractivity contribution is 0.0794. The molecule has 0 aromatic heterocycles. The molecule has 1 saturated heterocycles. The van der Waals surface area contributed by atoms with Crippen LogP contribution in [0.15, 0.2) is 29.3 Å². The minimum atomic E-state index is 0. The number of guanidine groups is 1. The van der Waals surface area contributed by atoms with Crippen molar-refractivity contribution in [1.82, 2.24) is 0 Å². The van der Waals surface area contributed by atoms with E-state index in [2.05, 4.69) is 35.6 Å². The molecule has 6 heteroatoms. The number of aliphatic imine (C=N–C) groups is 1. The van der Waals surface area contributed by atoms with E-state index in [1.165, 1.54) is 5.56 Å². The highest BCUT2D eigenvalue weighted by molar-refractivity contribution is 14.0. The van der Waals surface area contributed by atoms with Gasteiger partial charge in [0.2, 0.25) is 0 Å². The normalized spacial score (nSPS) is 17.9. The second kappa shape index (κ2) is 8.85. The summed E-state index contributed by atoms with van der Waals surface area (Å²) in [4.78, 5) is 4.52. The van der Waals surface area contributed by atoms with Crippen LogP contribution in [-0.2, 0) is 4.74 Å². The van der Waals surface area contributed by atoms with E-state index in [0.29, 0.717) is 5.96 Å². The number of thioether (sulfide) groups is 1. The Morgan fingerprint density at radius 3 is 2.76 bits per heavy atom. The molecular formula is C15H24IN3OS. The van der Waals surface area contributed by atoms with Crippen molar-refractivity contribution in [1.29, 1.82) is 0 Å². The number of hydrogen-bond acceptors (Lipinski definition) is 3. The van der Waals surface area contributed by atoms with Crippen LogP contribution in [0, 0.1) is 6.92 Å². The second-order valence-corrected chi connectivity index (χ2v) is 6.47. The number of rotatable bonds is 4. The number of nitrogens with one attached hydrogen (secondary N) is 1. The molecule has 0 saturated carbocycles. The van der Waals surface area contributed by atoms with Crippen molar-refractivity contribution in [2.24, 2.45) is 10.7 Å². The lowest BCUT2D eigenvalue weighted by Crippen LogP contribution is -2.37. The van der Waals surface area contributed by atoms with Gasteiger partial charge in [-0.3, -0.25) is 4.99 Å². The molecule has 0 amide bonds. The smallest absolute Gasteiger partial charge is 0.193 e. The standard InChI is InChI=1S/C15H23N3OS.HI/c1-12-4-3-5-13(10-12)18-14(16)17-11-15(20-2)6-8-19-9-7-15;/h3-5,10H,6-9,11H2,1-2H3,(H3,16,17,18);1H. The third kappa shape index (κ3) is 5.67. The fourth-order valence-corrected chi connectivity index (χ4v) is 3.08. The predicted molar refractivity (Wildman–Crippen MR) is 103 cm³/mol. The Morgan fingerprint density at radius 1 is 1.43 bits per heavy atom. The van der Waals surface area contributed by atoms with Gasteiger partial charge < -0.3 is 15.8 Å². The van der Waals surface area contributed by atoms with Crippen LogP contribution in [0.5, 0.6) is 0 Å². The van der Waals surface area contributed by atoms with Crippen molar-refractivity contribution < 1.29 is 4.74 Å². The van der Waals surface area contributed by atoms with Gasteiger partial charge in [-0.1, -0.05) is 12.1 Å². The molecule has 4 nitrogen and oxygen atoms in total. The highest BCUT2D eigenvalue weighted by Crippen LogP contribution is 2.33. The fourth-order valence-electron chi connectivity index (χ4n) is 2.31. The average Bonchev–Trinajstić information content (AvgIpc) is 2.46. The van der Waals surface area contributed by atoms with Crippen molar-refractivity contribution in [3.8, 4) is 0 Å². The minimum Gasteiger partial charge on any atom is -0.381 e. The van der Waals surface area contributed by atoms with E-state index in [4.69, 9.17) is 10.5 Å². The molecule has 0 atom stereocenters. The lowest BCUT2D eigenvalue weighted by atomic mass is 9.99. The third-order valence-electron chi connectivity index (χ3n) is 3.67. The summed E-state index contributed by atoms with van der Waals surface area (Å²) in [5.41, 5.74) is 8.17. The summed E-state index contributed by atoms with van der Waals surface area (Å²) in [5, 5.41) is 3.15. The molecule has 0 spiro atoms. The number of nitrogens with two attached hydrogens (primary N) is 1. The van der Waals surface area contributed by atoms with Crippen molar-refractivity contribution in [3.05, 3.63) is 29.8 Å². The van der Waals surface area contributed by atoms with Crippen molar-refractivity contribution in [3.63, 3.8) is 0 Å². The lowest BCUT2D eigenvalue weighted by Gasteiger charge is -2.34. The zero-order chi connectivity index (χ0) is 14.4. The maximum absolute atomic E-state index is 5.98. The molecule has 0 radical (unpaired) electrons. The first-order valence-electron chi connectivity index (χ1n) is 6.90. The Morgan fingerprint density at radius 2 is 2.14 bits per heavy atom. The highest BCUT2D eigenvalue weighted by atomic mass is 127. The van der Waals surface area contributed by atoms with Crippen molar-refractivity contribution in [2.75, 3.05) is 31.3 Å². The average molecular weight is 421 g/mol. The molecule has 1 aliphatic rings. The first-order valence-corrected chi connectivity index (χ1v) is 8.13. The fraction of sp³-hybridized carbons (Fsp3) is 0.533. The van der Waals surface area contributed by atoms with Gasteiger partial charge in [0, 0.05) is 23.6 Å². The number of benzene rings is 1. The zero-order valence-corrected chi connectivity index (χ0v) is 15.7. The Bertz CT molecular complexity index is 476. The number of anilines is 1. The van der Waals surface area contributed by atoms with E-state index in [9.17, 15) is 0 Å². The van der Waals surface area contributed by atoms with Gasteiger partial charge in [0.05, 0.1) is 6.54 Å². The number of nitrogens with zero attached hydrogens (tertiary/aromatic N) is 1. The topological polar surface area (TPSA) is 59.6 Å². The Kier molecular flexibility index (Phi) is 7.83. The van der Waals surface area contributed by atoms with Crippen LogP contribution in [0.25, 0.3) is 0 Å². The minimum absolute atomic E-state index is 0. The van der Waals surface area contributed by atoms with Crippen molar-refractivity contribution in [2.45, 2.75) is 24.5 Å². The maximum atomic E-state index is 5.98. The van der Waals surface area contributed by atoms with Crippen LogP contribution in [-0.4, -0.2) is 36.7 Å². The molecule has 1 fully saturated rings. The van der Waals surface area contributed by atoms with Gasteiger partial charge in [0.25, 0.3) is 0 Å². The highest BCUT2D eigenvalue weighted by Gasteiger charge is 2.31. The Balaban J connectivity index is 0.00000220. The van der Waals surface area contributed by atoms with Gasteiger partial charge >= 0.3 is 0 Å². The van der Waals surface area contributed by atoms with Crippen LogP contribution in [0.2, 0.25) is 0 Å². The van der Waals surface area contributed by atoms with Crippen LogP contribution in [0.3, 0.4) is 0 Å². The summed E-state index contributed by atoms with van der Waals surface area (Å²) in [6.07, 6.45) is 4.22. The summed E-state index contributed by atoms with van der Waals surface area (Å²) in [7, 11) is 0. The van der Waals surface area contributed by atoms with Gasteiger partial charge in [-0.25, -0.2) is 0 Å². The van der Waals surface area contributed by atoms with E-state index in [0.717, 1.165) is 38.3 Å². The molecule has 1 aromatic carbocycles. The largest absolute Gasteiger partial charge is 0.381 e. The van der Waals surface area contributed by atoms with Gasteiger partial charge in [-0.15, -0.1) is 24.0 Å². The Labute approximate surface area is 148 Å². The van der Waals surface area contributed by atoms with Gasteiger partial charge in [-0.05, 0) is 43.7 Å². The van der Waals surface area contributed by atoms with Crippen LogP contribution < -0.4 is 11.1 Å². The maximum Gasteiger partial charge on any atom is 0.193 e. The van der Waals surface area contributed by atoms with Crippen molar-refractivity contribution >= 4 is 47.4 Å². The first-order chi connectivity index (χ1) is 9.63. The van der Waals surface area contributed by atoms with E-state index in [1.54, 1.807) is 0 Å². The summed E-state index contributed by atoms with van der Waals surface area (Å²) >= 11 is 1.87. The first kappa shape index (κ1) is 18.6. The van der Waals surface area contributed by atoms with E-state index >= 15 is 0 Å². The molecule has 0 unspecified atom stereocenters. The predicted octanol–water partition coefficient (Wildman–Crippen LogP) is 3.25. The van der Waals surface area contributed by atoms with Gasteiger partial charge in [-0.2, -0.15) is 11.8 Å². The molecule has 2 rings (SSSR count). The van der Waals surface area contributed by atoms with E-state index in [1.807, 2.05) is 23.9 Å². The SMILES string of the molecule is CSC1(CN=C(N)Nc2cccc(C)c2)CCOCC1.I. The van der Waals surface area contributed by atoms with E-state index < -0.39 is 0 Å². The van der Waals surface area contributed by atoms with E-state index in [-0.39, 0.29) is 28.7 Å². The quantitative estimate of drug-likeness (QED) is 0.445. The van der Waals surface area contributed by atoms with Crippen LogP contribution in [0.4, 0.5) is 5.69 Å². The molecule has 0 bridgehead atoms. The molecule has 1 aromatic rings. The molecule has 1 aliphatic heterocycles. The second-order valence-electron chi connectivity index (χ2n) is 5.20. The van der Waals surface area contributed by atoms with Crippen LogP contribution >= 0.6 is 35.7 Å². The Hall–Kier alpha value is -0.470. The summed E-state index contributed by atoms with van der Waals surface area (Å²) in [6, 6.07) is 8.12. The summed E-state index contributed by atoms with van der Waals surface area (Å²) in [6.45, 7) is 4.44. The van der Waals surface area contributed by atoms with Gasteiger partial charge in [0.1, 0.15) is 0 Å². The molecule has 0 aliphatic carbocycles. The number of ether oxygens (including phenoxy) is 1. The summed E-state index contributed by atoms with van der Waals surface area (Å²) in [5.74, 6) is 0.482. The summed E-state index contributed by atoms with van der Waals surface area (Å²) < 4.78 is 5.61. The van der Waals surface area contributed by atoms with Crippen LogP contribution in [0.1, 0.15) is 18.4 Å². The molecule has 21 heavy (non-hydrogen) atoms.